The van der Waals surface area contributed by atoms with Gasteiger partial charge in [-0.2, -0.15) is 0 Å². The molecule has 3 aromatic rings. The summed E-state index contributed by atoms with van der Waals surface area (Å²) in [5.41, 5.74) is 3.21. The van der Waals surface area contributed by atoms with Gasteiger partial charge in [-0.25, -0.2) is 4.98 Å². The first kappa shape index (κ1) is 17.4. The summed E-state index contributed by atoms with van der Waals surface area (Å²) in [5, 5.41) is 10.8. The van der Waals surface area contributed by atoms with Crippen molar-refractivity contribution in [3.8, 4) is 0 Å². The van der Waals surface area contributed by atoms with E-state index in [1.807, 2.05) is 27.7 Å². The Morgan fingerprint density at radius 3 is 2.52 bits per heavy atom. The molecule has 0 unspecified atom stereocenters. The number of aromatic nitrogens is 1. The Bertz CT molecular complexity index is 844. The standard InChI is InChI=1S/C15H12N2O2S2.C2H6/c1-9-3-5-14-12(7-9)16-15(21-14)20-13-6-4-11(17(18)19)8-10(13)2;1-2/h3-8H,1-2H3;1-2H3. The molecule has 0 atom stereocenters. The Kier molecular flexibility index (Phi) is 5.74. The monoisotopic (exact) mass is 346 g/mol. The molecule has 0 N–H and O–H groups in total. The second-order valence-corrected chi connectivity index (χ2v) is 7.08. The van der Waals surface area contributed by atoms with Crippen LogP contribution in [0, 0.1) is 24.0 Å². The number of benzene rings is 2. The quantitative estimate of drug-likeness (QED) is 0.431. The average molecular weight is 346 g/mol. The van der Waals surface area contributed by atoms with Crippen molar-refractivity contribution in [2.24, 2.45) is 0 Å². The van der Waals surface area contributed by atoms with Crippen molar-refractivity contribution in [1.82, 2.24) is 4.98 Å². The Hall–Kier alpha value is -1.92. The number of hydrogen-bond donors (Lipinski definition) is 0. The van der Waals surface area contributed by atoms with Gasteiger partial charge in [-0.05, 0) is 43.2 Å². The molecule has 2 aromatic carbocycles. The average Bonchev–Trinajstić information content (AvgIpc) is 2.92. The lowest BCUT2D eigenvalue weighted by atomic mass is 10.2. The molecule has 1 aromatic heterocycles. The van der Waals surface area contributed by atoms with E-state index in [4.69, 9.17) is 0 Å². The Morgan fingerprint density at radius 1 is 1.13 bits per heavy atom. The SMILES string of the molecule is CC.Cc1ccc2sc(Sc3ccc([N+](=O)[O-])cc3C)nc2c1. The zero-order valence-corrected chi connectivity index (χ0v) is 15.1. The van der Waals surface area contributed by atoms with Crippen molar-refractivity contribution in [2.75, 3.05) is 0 Å². The maximum Gasteiger partial charge on any atom is 0.269 e. The molecule has 0 bridgehead atoms. The molecular formula is C17H18N2O2S2. The van der Waals surface area contributed by atoms with Gasteiger partial charge in [0.05, 0.1) is 15.1 Å². The van der Waals surface area contributed by atoms with E-state index in [2.05, 4.69) is 23.2 Å². The van der Waals surface area contributed by atoms with Crippen LogP contribution in [0.1, 0.15) is 25.0 Å². The van der Waals surface area contributed by atoms with Gasteiger partial charge in [-0.3, -0.25) is 10.1 Å². The van der Waals surface area contributed by atoms with Gasteiger partial charge in [0, 0.05) is 17.0 Å². The van der Waals surface area contributed by atoms with E-state index < -0.39 is 0 Å². The van der Waals surface area contributed by atoms with Crippen LogP contribution < -0.4 is 0 Å². The third-order valence-electron chi connectivity index (χ3n) is 3.09. The van der Waals surface area contributed by atoms with Crippen molar-refractivity contribution in [3.05, 3.63) is 57.6 Å². The van der Waals surface area contributed by atoms with Crippen LogP contribution in [0.25, 0.3) is 10.2 Å². The minimum atomic E-state index is -0.373. The fourth-order valence-electron chi connectivity index (χ4n) is 2.02. The third kappa shape index (κ3) is 4.09. The number of nitrogens with zero attached hydrogens (tertiary/aromatic N) is 2. The van der Waals surface area contributed by atoms with Crippen LogP contribution in [-0.4, -0.2) is 9.91 Å². The number of aryl methyl sites for hydroxylation is 2. The zero-order valence-electron chi connectivity index (χ0n) is 13.5. The van der Waals surface area contributed by atoms with E-state index in [-0.39, 0.29) is 10.6 Å². The summed E-state index contributed by atoms with van der Waals surface area (Å²) in [6.45, 7) is 7.93. The van der Waals surface area contributed by atoms with Crippen molar-refractivity contribution in [1.29, 1.82) is 0 Å². The van der Waals surface area contributed by atoms with Crippen molar-refractivity contribution in [3.63, 3.8) is 0 Å². The molecule has 0 aliphatic rings. The van der Waals surface area contributed by atoms with Crippen molar-refractivity contribution >= 4 is 39.0 Å². The summed E-state index contributed by atoms with van der Waals surface area (Å²) in [6, 6.07) is 11.1. The number of nitro groups is 1. The van der Waals surface area contributed by atoms with Crippen LogP contribution in [0.4, 0.5) is 5.69 Å². The van der Waals surface area contributed by atoms with Crippen molar-refractivity contribution < 1.29 is 4.92 Å². The minimum absolute atomic E-state index is 0.122. The fraction of sp³-hybridized carbons (Fsp3) is 0.235. The van der Waals surface area contributed by atoms with E-state index in [0.29, 0.717) is 0 Å². The van der Waals surface area contributed by atoms with Gasteiger partial charge in [0.15, 0.2) is 4.34 Å². The third-order valence-corrected chi connectivity index (χ3v) is 5.36. The number of thiazole rings is 1. The lowest BCUT2D eigenvalue weighted by Gasteiger charge is -2.02. The highest BCUT2D eigenvalue weighted by Crippen LogP contribution is 2.36. The van der Waals surface area contributed by atoms with E-state index >= 15 is 0 Å². The van der Waals surface area contributed by atoms with Crippen LogP contribution in [0.15, 0.2) is 45.6 Å². The molecule has 3 rings (SSSR count). The summed E-state index contributed by atoms with van der Waals surface area (Å²) in [6.07, 6.45) is 0. The molecule has 4 nitrogen and oxygen atoms in total. The smallest absolute Gasteiger partial charge is 0.258 e. The zero-order chi connectivity index (χ0) is 17.0. The van der Waals surface area contributed by atoms with E-state index in [1.54, 1.807) is 35.2 Å². The highest BCUT2D eigenvalue weighted by molar-refractivity contribution is 8.01. The lowest BCUT2D eigenvalue weighted by Crippen LogP contribution is -1.89. The van der Waals surface area contributed by atoms with Gasteiger partial charge < -0.3 is 0 Å². The van der Waals surface area contributed by atoms with Crippen LogP contribution in [0.3, 0.4) is 0 Å². The molecular weight excluding hydrogens is 328 g/mol. The highest BCUT2D eigenvalue weighted by atomic mass is 32.2. The summed E-state index contributed by atoms with van der Waals surface area (Å²) < 4.78 is 2.11. The largest absolute Gasteiger partial charge is 0.269 e. The van der Waals surface area contributed by atoms with Gasteiger partial charge in [0.2, 0.25) is 0 Å². The Morgan fingerprint density at radius 2 is 1.87 bits per heavy atom. The molecule has 23 heavy (non-hydrogen) atoms. The molecule has 6 heteroatoms. The van der Waals surface area contributed by atoms with Crippen molar-refractivity contribution in [2.45, 2.75) is 36.9 Å². The molecule has 1 heterocycles. The normalized spacial score (nSPS) is 10.3. The fourth-order valence-corrected chi connectivity index (χ4v) is 4.09. The van der Waals surface area contributed by atoms with Gasteiger partial charge >= 0.3 is 0 Å². The van der Waals surface area contributed by atoms with Gasteiger partial charge in [-0.15, -0.1) is 11.3 Å². The van der Waals surface area contributed by atoms with Crippen LogP contribution in [0.2, 0.25) is 0 Å². The molecule has 120 valence electrons. The molecule has 0 amide bonds. The van der Waals surface area contributed by atoms with Gasteiger partial charge in [-0.1, -0.05) is 31.7 Å². The first-order valence-electron chi connectivity index (χ1n) is 7.33. The second-order valence-electron chi connectivity index (χ2n) is 4.76. The van der Waals surface area contributed by atoms with E-state index in [1.165, 1.54) is 11.6 Å². The van der Waals surface area contributed by atoms with E-state index in [0.717, 1.165) is 25.0 Å². The first-order chi connectivity index (χ1) is 11.0. The summed E-state index contributed by atoms with van der Waals surface area (Å²) in [5.74, 6) is 0. The molecule has 0 saturated heterocycles. The number of hydrogen-bond acceptors (Lipinski definition) is 5. The van der Waals surface area contributed by atoms with Crippen LogP contribution >= 0.6 is 23.1 Å². The molecule has 0 aliphatic carbocycles. The predicted molar refractivity (Wildman–Crippen MR) is 97.7 cm³/mol. The number of non-ortho nitro benzene ring substituents is 1. The second kappa shape index (κ2) is 7.57. The number of nitro benzene ring substituents is 1. The maximum atomic E-state index is 10.8. The molecule has 0 aliphatic heterocycles. The Balaban J connectivity index is 0.000000924. The Labute approximate surface area is 143 Å². The summed E-state index contributed by atoms with van der Waals surface area (Å²) in [4.78, 5) is 16.0. The van der Waals surface area contributed by atoms with Crippen LogP contribution in [-0.2, 0) is 0 Å². The van der Waals surface area contributed by atoms with E-state index in [9.17, 15) is 10.1 Å². The maximum absolute atomic E-state index is 10.8. The summed E-state index contributed by atoms with van der Waals surface area (Å²) in [7, 11) is 0. The minimum Gasteiger partial charge on any atom is -0.258 e. The lowest BCUT2D eigenvalue weighted by molar-refractivity contribution is -0.385. The molecule has 0 saturated carbocycles. The van der Waals surface area contributed by atoms with Gasteiger partial charge in [0.25, 0.3) is 5.69 Å². The molecule has 0 fully saturated rings. The summed E-state index contributed by atoms with van der Waals surface area (Å²) >= 11 is 3.19. The topological polar surface area (TPSA) is 56.0 Å². The van der Waals surface area contributed by atoms with Gasteiger partial charge in [0.1, 0.15) is 0 Å². The highest BCUT2D eigenvalue weighted by Gasteiger charge is 2.11. The first-order valence-corrected chi connectivity index (χ1v) is 8.96. The molecule has 0 spiro atoms. The number of fused-ring (bicyclic) bond motifs is 1. The number of rotatable bonds is 3. The molecule has 0 radical (unpaired) electrons. The van der Waals surface area contributed by atoms with Crippen LogP contribution in [0.5, 0.6) is 0 Å². The predicted octanol–water partition coefficient (Wildman–Crippen LogP) is 6.00.